The van der Waals surface area contributed by atoms with Gasteiger partial charge in [-0.15, -0.1) is 0 Å². The number of benzene rings is 1. The third kappa shape index (κ3) is 3.48. The van der Waals surface area contributed by atoms with Gasteiger partial charge in [-0.1, -0.05) is 12.1 Å². The Morgan fingerprint density at radius 1 is 1.22 bits per heavy atom. The van der Waals surface area contributed by atoms with E-state index in [0.717, 1.165) is 29.9 Å². The number of ether oxygens (including phenoxy) is 1. The second-order valence-corrected chi connectivity index (χ2v) is 5.54. The second-order valence-electron chi connectivity index (χ2n) is 5.54. The third-order valence-electron chi connectivity index (χ3n) is 4.02. The molecule has 0 aliphatic carbocycles. The van der Waals surface area contributed by atoms with Gasteiger partial charge in [0.25, 0.3) is 5.91 Å². The van der Waals surface area contributed by atoms with Gasteiger partial charge in [0.05, 0.1) is 13.2 Å². The van der Waals surface area contributed by atoms with Crippen LogP contribution in [-0.2, 0) is 4.74 Å². The fourth-order valence-corrected chi connectivity index (χ4v) is 2.46. The summed E-state index contributed by atoms with van der Waals surface area (Å²) in [5, 5.41) is 2.93. The molecule has 0 saturated carbocycles. The van der Waals surface area contributed by atoms with Crippen molar-refractivity contribution in [3.05, 3.63) is 47.3 Å². The van der Waals surface area contributed by atoms with Crippen LogP contribution in [0.5, 0.6) is 0 Å². The molecule has 0 atom stereocenters. The minimum Gasteiger partial charge on any atom is -0.378 e. The van der Waals surface area contributed by atoms with Crippen molar-refractivity contribution in [2.75, 3.05) is 36.5 Å². The molecule has 0 spiro atoms. The van der Waals surface area contributed by atoms with E-state index >= 15 is 0 Å². The molecule has 0 bridgehead atoms. The molecule has 1 aliphatic rings. The molecule has 1 saturated heterocycles. The number of aromatic nitrogens is 2. The molecule has 120 valence electrons. The van der Waals surface area contributed by atoms with E-state index in [1.165, 1.54) is 0 Å². The fourth-order valence-electron chi connectivity index (χ4n) is 2.46. The van der Waals surface area contributed by atoms with Crippen molar-refractivity contribution in [2.24, 2.45) is 0 Å². The van der Waals surface area contributed by atoms with Crippen LogP contribution in [0.1, 0.15) is 21.6 Å². The van der Waals surface area contributed by atoms with E-state index in [0.29, 0.717) is 24.9 Å². The van der Waals surface area contributed by atoms with Crippen molar-refractivity contribution in [1.82, 2.24) is 9.97 Å². The average molecular weight is 312 g/mol. The number of rotatable bonds is 3. The highest BCUT2D eigenvalue weighted by Crippen LogP contribution is 2.19. The molecule has 3 rings (SSSR count). The standard InChI is InChI=1S/C17H20N4O2/c1-12-4-3-5-14(13(12)2)19-16(22)15-6-7-18-17(20-15)21-8-10-23-11-9-21/h3-7H,8-11H2,1-2H3,(H,19,22). The molecule has 6 heteroatoms. The number of carbonyl (C=O) groups excluding carboxylic acids is 1. The molecular formula is C17H20N4O2. The van der Waals surface area contributed by atoms with Gasteiger partial charge in [0.2, 0.25) is 5.95 Å². The molecule has 2 heterocycles. The summed E-state index contributed by atoms with van der Waals surface area (Å²) < 4.78 is 5.33. The van der Waals surface area contributed by atoms with Crippen molar-refractivity contribution in [3.8, 4) is 0 Å². The van der Waals surface area contributed by atoms with Crippen LogP contribution in [0, 0.1) is 13.8 Å². The second kappa shape index (κ2) is 6.75. The Morgan fingerprint density at radius 2 is 2.00 bits per heavy atom. The lowest BCUT2D eigenvalue weighted by atomic mass is 10.1. The topological polar surface area (TPSA) is 67.4 Å². The van der Waals surface area contributed by atoms with Crippen LogP contribution in [0.2, 0.25) is 0 Å². The lowest BCUT2D eigenvalue weighted by Gasteiger charge is -2.26. The number of amides is 1. The lowest BCUT2D eigenvalue weighted by molar-refractivity contribution is 0.102. The summed E-state index contributed by atoms with van der Waals surface area (Å²) in [5.74, 6) is 0.345. The maximum absolute atomic E-state index is 12.5. The molecule has 1 amide bonds. The number of hydrogen-bond acceptors (Lipinski definition) is 5. The fraction of sp³-hybridized carbons (Fsp3) is 0.353. The summed E-state index contributed by atoms with van der Waals surface area (Å²) in [6.07, 6.45) is 1.62. The summed E-state index contributed by atoms with van der Waals surface area (Å²) in [4.78, 5) is 23.1. The maximum Gasteiger partial charge on any atom is 0.274 e. The van der Waals surface area contributed by atoms with Crippen LogP contribution in [0.25, 0.3) is 0 Å². The Morgan fingerprint density at radius 3 is 2.78 bits per heavy atom. The van der Waals surface area contributed by atoms with Crippen LogP contribution < -0.4 is 10.2 Å². The quantitative estimate of drug-likeness (QED) is 0.941. The first-order chi connectivity index (χ1) is 11.1. The molecule has 0 radical (unpaired) electrons. The Labute approximate surface area is 135 Å². The largest absolute Gasteiger partial charge is 0.378 e. The summed E-state index contributed by atoms with van der Waals surface area (Å²) >= 11 is 0. The predicted octanol–water partition coefficient (Wildman–Crippen LogP) is 2.18. The first kappa shape index (κ1) is 15.4. The highest BCUT2D eigenvalue weighted by Gasteiger charge is 2.16. The van der Waals surface area contributed by atoms with Gasteiger partial charge >= 0.3 is 0 Å². The molecular weight excluding hydrogens is 292 g/mol. The molecule has 1 aliphatic heterocycles. The number of carbonyl (C=O) groups is 1. The zero-order chi connectivity index (χ0) is 16.2. The Hall–Kier alpha value is -2.47. The highest BCUT2D eigenvalue weighted by molar-refractivity contribution is 6.03. The minimum atomic E-state index is -0.226. The summed E-state index contributed by atoms with van der Waals surface area (Å²) in [7, 11) is 0. The van der Waals surface area contributed by atoms with Crippen molar-refractivity contribution in [1.29, 1.82) is 0 Å². The minimum absolute atomic E-state index is 0.226. The lowest BCUT2D eigenvalue weighted by Crippen LogP contribution is -2.37. The number of aryl methyl sites for hydroxylation is 1. The van der Waals surface area contributed by atoms with Crippen LogP contribution >= 0.6 is 0 Å². The van der Waals surface area contributed by atoms with Gasteiger partial charge in [0.1, 0.15) is 5.69 Å². The zero-order valence-electron chi connectivity index (χ0n) is 13.4. The molecule has 23 heavy (non-hydrogen) atoms. The van der Waals surface area contributed by atoms with E-state index in [-0.39, 0.29) is 5.91 Å². The Bertz CT molecular complexity index is 711. The molecule has 1 aromatic heterocycles. The Kier molecular flexibility index (Phi) is 4.52. The smallest absolute Gasteiger partial charge is 0.274 e. The number of hydrogen-bond donors (Lipinski definition) is 1. The van der Waals surface area contributed by atoms with Gasteiger partial charge in [-0.05, 0) is 37.1 Å². The molecule has 1 N–H and O–H groups in total. The van der Waals surface area contributed by atoms with Crippen molar-refractivity contribution in [2.45, 2.75) is 13.8 Å². The number of nitrogens with one attached hydrogen (secondary N) is 1. The van der Waals surface area contributed by atoms with E-state index in [2.05, 4.69) is 15.3 Å². The van der Waals surface area contributed by atoms with Crippen molar-refractivity contribution >= 4 is 17.5 Å². The van der Waals surface area contributed by atoms with Crippen LogP contribution in [-0.4, -0.2) is 42.2 Å². The highest BCUT2D eigenvalue weighted by atomic mass is 16.5. The van der Waals surface area contributed by atoms with Crippen LogP contribution in [0.4, 0.5) is 11.6 Å². The monoisotopic (exact) mass is 312 g/mol. The van der Waals surface area contributed by atoms with Gasteiger partial charge < -0.3 is 15.0 Å². The van der Waals surface area contributed by atoms with Gasteiger partial charge in [-0.2, -0.15) is 0 Å². The molecule has 0 unspecified atom stereocenters. The van der Waals surface area contributed by atoms with Crippen molar-refractivity contribution < 1.29 is 9.53 Å². The number of nitrogens with zero attached hydrogens (tertiary/aromatic N) is 3. The zero-order valence-corrected chi connectivity index (χ0v) is 13.4. The van der Waals surface area contributed by atoms with Crippen LogP contribution in [0.15, 0.2) is 30.5 Å². The van der Waals surface area contributed by atoms with E-state index < -0.39 is 0 Å². The van der Waals surface area contributed by atoms with E-state index in [1.807, 2.05) is 36.9 Å². The average Bonchev–Trinajstić information content (AvgIpc) is 2.60. The summed E-state index contributed by atoms with van der Waals surface area (Å²) in [5.41, 5.74) is 3.37. The van der Waals surface area contributed by atoms with Crippen molar-refractivity contribution in [3.63, 3.8) is 0 Å². The van der Waals surface area contributed by atoms with E-state index in [9.17, 15) is 4.79 Å². The first-order valence-corrected chi connectivity index (χ1v) is 7.68. The summed E-state index contributed by atoms with van der Waals surface area (Å²) in [6, 6.07) is 7.47. The molecule has 1 fully saturated rings. The summed E-state index contributed by atoms with van der Waals surface area (Å²) in [6.45, 7) is 6.80. The number of morpholine rings is 1. The Balaban J connectivity index is 1.78. The normalized spacial score (nSPS) is 14.6. The van der Waals surface area contributed by atoms with Gasteiger partial charge in [-0.25, -0.2) is 9.97 Å². The van der Waals surface area contributed by atoms with Gasteiger partial charge in [0.15, 0.2) is 0 Å². The number of anilines is 2. The van der Waals surface area contributed by atoms with Gasteiger partial charge in [0, 0.05) is 25.0 Å². The van der Waals surface area contributed by atoms with Crippen LogP contribution in [0.3, 0.4) is 0 Å². The third-order valence-corrected chi connectivity index (χ3v) is 4.02. The first-order valence-electron chi connectivity index (χ1n) is 7.68. The van der Waals surface area contributed by atoms with Gasteiger partial charge in [-0.3, -0.25) is 4.79 Å². The molecule has 6 nitrogen and oxygen atoms in total. The molecule has 2 aromatic rings. The van der Waals surface area contributed by atoms with E-state index in [1.54, 1.807) is 12.3 Å². The maximum atomic E-state index is 12.5. The van der Waals surface area contributed by atoms with E-state index in [4.69, 9.17) is 4.74 Å². The predicted molar refractivity (Wildman–Crippen MR) is 88.9 cm³/mol. The molecule has 1 aromatic carbocycles. The SMILES string of the molecule is Cc1cccc(NC(=O)c2ccnc(N3CCOCC3)n2)c1C.